The normalized spacial score (nSPS) is 20.0. The molecule has 0 bridgehead atoms. The highest BCUT2D eigenvalue weighted by Crippen LogP contribution is 2.24. The molecule has 22 heavy (non-hydrogen) atoms. The first-order chi connectivity index (χ1) is 10.4. The molecule has 8 heteroatoms. The lowest BCUT2D eigenvalue weighted by Gasteiger charge is -2.35. The van der Waals surface area contributed by atoms with Gasteiger partial charge in [0.1, 0.15) is 0 Å². The van der Waals surface area contributed by atoms with E-state index in [0.717, 1.165) is 32.1 Å². The molecule has 1 aliphatic heterocycles. The van der Waals surface area contributed by atoms with Crippen molar-refractivity contribution < 1.29 is 13.3 Å². The van der Waals surface area contributed by atoms with E-state index in [-0.39, 0.29) is 16.7 Å². The minimum Gasteiger partial charge on any atom is -0.295 e. The highest BCUT2D eigenvalue weighted by Gasteiger charge is 2.25. The van der Waals surface area contributed by atoms with E-state index in [1.807, 2.05) is 0 Å². The van der Waals surface area contributed by atoms with Gasteiger partial charge in [0, 0.05) is 30.8 Å². The van der Waals surface area contributed by atoms with Gasteiger partial charge in [-0.1, -0.05) is 24.6 Å². The number of para-hydroxylation sites is 1. The van der Waals surface area contributed by atoms with Crippen molar-refractivity contribution in [2.75, 3.05) is 19.3 Å². The Morgan fingerprint density at radius 1 is 1.36 bits per heavy atom. The topological polar surface area (TPSA) is 92.6 Å². The predicted octanol–water partition coefficient (Wildman–Crippen LogP) is 1.50. The number of rotatable bonds is 6. The lowest BCUT2D eigenvalue weighted by atomic mass is 10.0. The molecule has 0 amide bonds. The van der Waals surface area contributed by atoms with Gasteiger partial charge in [-0.3, -0.25) is 15.0 Å². The van der Waals surface area contributed by atoms with Gasteiger partial charge in [0.15, 0.2) is 0 Å². The summed E-state index contributed by atoms with van der Waals surface area (Å²) in [6.45, 7) is 1.63. The van der Waals surface area contributed by atoms with Crippen LogP contribution in [0.1, 0.15) is 24.8 Å². The zero-order valence-corrected chi connectivity index (χ0v) is 13.4. The first kappa shape index (κ1) is 16.9. The van der Waals surface area contributed by atoms with Crippen LogP contribution in [0, 0.1) is 10.1 Å². The number of piperidine rings is 1. The van der Waals surface area contributed by atoms with Crippen LogP contribution in [0.15, 0.2) is 24.3 Å². The SMILES string of the molecule is CS(=O)(=O)NC[C@@H]1CCCCN1Cc1ccccc1[N+](=O)[O-]. The minimum absolute atomic E-state index is 0.0725. The van der Waals surface area contributed by atoms with Crippen LogP contribution in [0.2, 0.25) is 0 Å². The number of nitro groups is 1. The molecule has 0 saturated carbocycles. The van der Waals surface area contributed by atoms with Crippen molar-refractivity contribution in [3.05, 3.63) is 39.9 Å². The molecular weight excluding hydrogens is 306 g/mol. The number of likely N-dealkylation sites (tertiary alicyclic amines) is 1. The molecular formula is C14H21N3O4S. The summed E-state index contributed by atoms with van der Waals surface area (Å²) >= 11 is 0. The summed E-state index contributed by atoms with van der Waals surface area (Å²) in [7, 11) is -3.23. The number of nitro benzene ring substituents is 1. The van der Waals surface area contributed by atoms with Crippen LogP contribution in [0.25, 0.3) is 0 Å². The van der Waals surface area contributed by atoms with Crippen molar-refractivity contribution in [3.8, 4) is 0 Å². The van der Waals surface area contributed by atoms with E-state index >= 15 is 0 Å². The third-order valence-electron chi connectivity index (χ3n) is 3.89. The summed E-state index contributed by atoms with van der Waals surface area (Å²) < 4.78 is 25.1. The molecule has 0 radical (unpaired) electrons. The molecule has 1 aliphatic rings. The first-order valence-corrected chi connectivity index (χ1v) is 9.17. The monoisotopic (exact) mass is 327 g/mol. The zero-order valence-electron chi connectivity index (χ0n) is 12.6. The highest BCUT2D eigenvalue weighted by molar-refractivity contribution is 7.88. The van der Waals surface area contributed by atoms with Gasteiger partial charge in [0.2, 0.25) is 10.0 Å². The first-order valence-electron chi connectivity index (χ1n) is 7.28. The van der Waals surface area contributed by atoms with Crippen molar-refractivity contribution in [3.63, 3.8) is 0 Å². The quantitative estimate of drug-likeness (QED) is 0.631. The second kappa shape index (κ2) is 7.17. The van der Waals surface area contributed by atoms with E-state index in [1.54, 1.807) is 18.2 Å². The van der Waals surface area contributed by atoms with Gasteiger partial charge in [-0.15, -0.1) is 0 Å². The maximum Gasteiger partial charge on any atom is 0.273 e. The summed E-state index contributed by atoms with van der Waals surface area (Å²) in [4.78, 5) is 12.9. The Labute approximate surface area is 130 Å². The molecule has 1 aromatic rings. The number of hydrogen-bond donors (Lipinski definition) is 1. The van der Waals surface area contributed by atoms with Crippen molar-refractivity contribution in [1.82, 2.24) is 9.62 Å². The predicted molar refractivity (Wildman–Crippen MR) is 84.0 cm³/mol. The molecule has 1 saturated heterocycles. The van der Waals surface area contributed by atoms with Crippen LogP contribution in [0.5, 0.6) is 0 Å². The molecule has 1 heterocycles. The van der Waals surface area contributed by atoms with E-state index in [9.17, 15) is 18.5 Å². The van der Waals surface area contributed by atoms with Crippen molar-refractivity contribution in [2.45, 2.75) is 31.8 Å². The van der Waals surface area contributed by atoms with Gasteiger partial charge in [0.05, 0.1) is 11.2 Å². The average molecular weight is 327 g/mol. The second-order valence-corrected chi connectivity index (χ2v) is 7.46. The summed E-state index contributed by atoms with van der Waals surface area (Å²) in [6.07, 6.45) is 4.10. The molecule has 1 fully saturated rings. The smallest absolute Gasteiger partial charge is 0.273 e. The van der Waals surface area contributed by atoms with Crippen LogP contribution in [-0.2, 0) is 16.6 Å². The standard InChI is InChI=1S/C14H21N3O4S/c1-22(20,21)15-10-13-7-4-5-9-16(13)11-12-6-2-3-8-14(12)17(18)19/h2-3,6,8,13,15H,4-5,7,9-11H2,1H3/t13-/m0/s1. The lowest BCUT2D eigenvalue weighted by molar-refractivity contribution is -0.385. The van der Waals surface area contributed by atoms with Crippen molar-refractivity contribution in [2.24, 2.45) is 0 Å². The van der Waals surface area contributed by atoms with Crippen LogP contribution in [-0.4, -0.2) is 43.6 Å². The number of benzene rings is 1. The van der Waals surface area contributed by atoms with Gasteiger partial charge < -0.3 is 0 Å². The van der Waals surface area contributed by atoms with Crippen LogP contribution >= 0.6 is 0 Å². The molecule has 0 aromatic heterocycles. The molecule has 1 N–H and O–H groups in total. The number of sulfonamides is 1. The minimum atomic E-state index is -3.23. The molecule has 0 aliphatic carbocycles. The zero-order chi connectivity index (χ0) is 16.2. The van der Waals surface area contributed by atoms with E-state index in [0.29, 0.717) is 18.7 Å². The van der Waals surface area contributed by atoms with Crippen LogP contribution < -0.4 is 4.72 Å². The van der Waals surface area contributed by atoms with Gasteiger partial charge in [-0.25, -0.2) is 13.1 Å². The molecule has 1 atom stereocenters. The Bertz CT molecular complexity index is 633. The number of nitrogens with one attached hydrogen (secondary N) is 1. The maximum absolute atomic E-state index is 11.3. The van der Waals surface area contributed by atoms with Gasteiger partial charge in [0.25, 0.3) is 5.69 Å². The van der Waals surface area contributed by atoms with E-state index < -0.39 is 10.0 Å². The van der Waals surface area contributed by atoms with Crippen molar-refractivity contribution >= 4 is 15.7 Å². The lowest BCUT2D eigenvalue weighted by Crippen LogP contribution is -2.46. The van der Waals surface area contributed by atoms with Gasteiger partial charge in [-0.05, 0) is 19.4 Å². The maximum atomic E-state index is 11.3. The molecule has 2 rings (SSSR count). The second-order valence-electron chi connectivity index (χ2n) is 5.63. The van der Waals surface area contributed by atoms with Gasteiger partial charge >= 0.3 is 0 Å². The molecule has 0 unspecified atom stereocenters. The Morgan fingerprint density at radius 2 is 2.09 bits per heavy atom. The Hall–Kier alpha value is -1.51. The van der Waals surface area contributed by atoms with E-state index in [1.165, 1.54) is 6.07 Å². The third-order valence-corrected chi connectivity index (χ3v) is 4.58. The Kier molecular flexibility index (Phi) is 5.49. The highest BCUT2D eigenvalue weighted by atomic mass is 32.2. The largest absolute Gasteiger partial charge is 0.295 e. The third kappa shape index (κ3) is 4.75. The fraction of sp³-hybridized carbons (Fsp3) is 0.571. The Morgan fingerprint density at radius 3 is 2.77 bits per heavy atom. The molecule has 0 spiro atoms. The summed E-state index contributed by atoms with van der Waals surface area (Å²) in [5, 5.41) is 11.1. The Balaban J connectivity index is 2.10. The average Bonchev–Trinajstić information content (AvgIpc) is 2.46. The molecule has 7 nitrogen and oxygen atoms in total. The summed E-state index contributed by atoms with van der Waals surface area (Å²) in [5.74, 6) is 0. The fourth-order valence-corrected chi connectivity index (χ4v) is 3.28. The van der Waals surface area contributed by atoms with Gasteiger partial charge in [-0.2, -0.15) is 0 Å². The van der Waals surface area contributed by atoms with E-state index in [2.05, 4.69) is 9.62 Å². The number of hydrogen-bond acceptors (Lipinski definition) is 5. The molecule has 122 valence electrons. The summed E-state index contributed by atoms with van der Waals surface area (Å²) in [5.41, 5.74) is 0.779. The molecule has 1 aromatic carbocycles. The van der Waals surface area contributed by atoms with Crippen molar-refractivity contribution in [1.29, 1.82) is 0 Å². The summed E-state index contributed by atoms with van der Waals surface area (Å²) in [6, 6.07) is 6.77. The fourth-order valence-electron chi connectivity index (χ4n) is 2.79. The van der Waals surface area contributed by atoms with E-state index in [4.69, 9.17) is 0 Å². The van der Waals surface area contributed by atoms with Crippen LogP contribution in [0.3, 0.4) is 0 Å². The van der Waals surface area contributed by atoms with Crippen LogP contribution in [0.4, 0.5) is 5.69 Å². The number of nitrogens with zero attached hydrogens (tertiary/aromatic N) is 2.